The number of ether oxygens (including phenoxy) is 2. The summed E-state index contributed by atoms with van der Waals surface area (Å²) in [6.07, 6.45) is 6.11. The van der Waals surface area contributed by atoms with Crippen molar-refractivity contribution in [1.82, 2.24) is 20.5 Å². The normalized spacial score (nSPS) is 27.5. The quantitative estimate of drug-likeness (QED) is 0.685. The van der Waals surface area contributed by atoms with Gasteiger partial charge in [-0.15, -0.1) is 0 Å². The Hall–Kier alpha value is -2.19. The zero-order valence-electron chi connectivity index (χ0n) is 15.8. The van der Waals surface area contributed by atoms with E-state index in [9.17, 15) is 9.18 Å². The van der Waals surface area contributed by atoms with Gasteiger partial charge in [-0.3, -0.25) is 9.89 Å². The molecule has 4 fully saturated rings. The van der Waals surface area contributed by atoms with Gasteiger partial charge >= 0.3 is 0 Å². The minimum atomic E-state index is -0.526. The third-order valence-corrected chi connectivity index (χ3v) is 6.52. The number of H-pyrrole nitrogens is 1. The lowest BCUT2D eigenvalue weighted by Crippen LogP contribution is -2.77. The molecule has 2 N–H and O–H groups in total. The van der Waals surface area contributed by atoms with E-state index in [1.54, 1.807) is 6.07 Å². The molecule has 2 aromatic rings. The predicted molar refractivity (Wildman–Crippen MR) is 102 cm³/mol. The maximum absolute atomic E-state index is 13.5. The highest BCUT2D eigenvalue weighted by molar-refractivity contribution is 6.30. The molecule has 1 aromatic carbocycles. The second-order valence-corrected chi connectivity index (χ2v) is 8.88. The third-order valence-electron chi connectivity index (χ3n) is 6.21. The molecule has 29 heavy (non-hydrogen) atoms. The summed E-state index contributed by atoms with van der Waals surface area (Å²) >= 11 is 5.67. The lowest BCUT2D eigenvalue weighted by Gasteiger charge is -2.69. The molecule has 9 heteroatoms. The van der Waals surface area contributed by atoms with Gasteiger partial charge in [0.1, 0.15) is 24.8 Å². The number of aromatic amines is 1. The topological polar surface area (TPSA) is 89.1 Å². The van der Waals surface area contributed by atoms with Crippen molar-refractivity contribution in [3.63, 3.8) is 0 Å². The first-order valence-corrected chi connectivity index (χ1v) is 10.3. The molecule has 1 heterocycles. The molecule has 4 saturated carbocycles. The zero-order chi connectivity index (χ0) is 20.1. The molecule has 0 spiro atoms. The fourth-order valence-electron chi connectivity index (χ4n) is 4.54. The van der Waals surface area contributed by atoms with Crippen molar-refractivity contribution in [3.05, 3.63) is 40.7 Å². The number of hydrogen-bond acceptors (Lipinski definition) is 5. The van der Waals surface area contributed by atoms with E-state index in [-0.39, 0.29) is 41.2 Å². The molecule has 4 aliphatic carbocycles. The van der Waals surface area contributed by atoms with E-state index in [4.69, 9.17) is 21.1 Å². The van der Waals surface area contributed by atoms with Crippen LogP contribution in [0.4, 0.5) is 4.39 Å². The number of rotatable bonds is 8. The lowest BCUT2D eigenvalue weighted by atomic mass is 9.39. The molecule has 2 bridgehead atoms. The monoisotopic (exact) mass is 420 g/mol. The van der Waals surface area contributed by atoms with Gasteiger partial charge in [0.05, 0.1) is 11.1 Å². The molecule has 0 radical (unpaired) electrons. The summed E-state index contributed by atoms with van der Waals surface area (Å²) in [7, 11) is 0. The third kappa shape index (κ3) is 3.48. The summed E-state index contributed by atoms with van der Waals surface area (Å²) in [6, 6.07) is 4.29. The number of halogens is 2. The second-order valence-electron chi connectivity index (χ2n) is 8.47. The standard InChI is InChI=1S/C20H22ClFN4O3/c21-14-5-4-13(6-15(14)22)28-7-16-23-18(26-25-16)19-9-20(10-19,11-19)24-17(27)8-29-12-2-1-3-12/h4-6,12H,1-3,7-11H2,(H,24,27)(H,23,25,26). The summed E-state index contributed by atoms with van der Waals surface area (Å²) < 4.78 is 24.6. The maximum Gasteiger partial charge on any atom is 0.246 e. The number of aromatic nitrogens is 3. The van der Waals surface area contributed by atoms with Crippen LogP contribution in [0, 0.1) is 5.82 Å². The number of nitrogens with one attached hydrogen (secondary N) is 2. The molecular weight excluding hydrogens is 399 g/mol. The molecule has 154 valence electrons. The largest absolute Gasteiger partial charge is 0.486 e. The minimum absolute atomic E-state index is 0.0375. The predicted octanol–water partition coefficient (Wildman–Crippen LogP) is 3.04. The van der Waals surface area contributed by atoms with Crippen LogP contribution in [0.1, 0.15) is 50.2 Å². The van der Waals surface area contributed by atoms with Gasteiger partial charge in [-0.25, -0.2) is 9.37 Å². The van der Waals surface area contributed by atoms with Gasteiger partial charge in [0.25, 0.3) is 0 Å². The first-order chi connectivity index (χ1) is 14.0. The fourth-order valence-corrected chi connectivity index (χ4v) is 4.65. The Morgan fingerprint density at radius 1 is 1.34 bits per heavy atom. The molecule has 0 unspecified atom stereocenters. The molecule has 6 rings (SSSR count). The van der Waals surface area contributed by atoms with Gasteiger partial charge in [0.2, 0.25) is 5.91 Å². The van der Waals surface area contributed by atoms with E-state index >= 15 is 0 Å². The highest BCUT2D eigenvalue weighted by Crippen LogP contribution is 2.67. The number of carbonyl (C=O) groups is 1. The molecule has 1 amide bonds. The Bertz CT molecular complexity index is 926. The van der Waals surface area contributed by atoms with Crippen LogP contribution in [0.25, 0.3) is 0 Å². The Kier molecular flexibility index (Phi) is 4.51. The smallest absolute Gasteiger partial charge is 0.246 e. The average Bonchev–Trinajstić information content (AvgIpc) is 3.05. The van der Waals surface area contributed by atoms with Crippen molar-refractivity contribution in [1.29, 1.82) is 0 Å². The molecule has 0 atom stereocenters. The van der Waals surface area contributed by atoms with Gasteiger partial charge in [-0.2, -0.15) is 5.10 Å². The van der Waals surface area contributed by atoms with Gasteiger partial charge < -0.3 is 14.8 Å². The van der Waals surface area contributed by atoms with Gasteiger partial charge in [0, 0.05) is 17.0 Å². The van der Waals surface area contributed by atoms with Gasteiger partial charge in [-0.1, -0.05) is 11.6 Å². The first kappa shape index (κ1) is 18.8. The lowest BCUT2D eigenvalue weighted by molar-refractivity contribution is -0.146. The molecule has 0 saturated heterocycles. The Labute approximate surface area is 172 Å². The van der Waals surface area contributed by atoms with Crippen LogP contribution in [0.3, 0.4) is 0 Å². The number of benzene rings is 1. The van der Waals surface area contributed by atoms with Crippen LogP contribution in [-0.2, 0) is 21.6 Å². The number of amides is 1. The van der Waals surface area contributed by atoms with Crippen LogP contribution in [-0.4, -0.2) is 39.3 Å². The molecule has 1 aromatic heterocycles. The maximum atomic E-state index is 13.5. The van der Waals surface area contributed by atoms with Crippen LogP contribution < -0.4 is 10.1 Å². The fraction of sp³-hybridized carbons (Fsp3) is 0.550. The van der Waals surface area contributed by atoms with Crippen molar-refractivity contribution in [2.45, 2.75) is 62.2 Å². The van der Waals surface area contributed by atoms with E-state index in [0.717, 1.165) is 37.9 Å². The van der Waals surface area contributed by atoms with Crippen LogP contribution in [0.5, 0.6) is 5.75 Å². The number of carbonyl (C=O) groups excluding carboxylic acids is 1. The highest BCUT2D eigenvalue weighted by Gasteiger charge is 2.71. The SMILES string of the molecule is O=C(COC1CCC1)NC12CC(c3n[nH]c(COc4ccc(Cl)c(F)c4)n3)(C1)C2. The zero-order valence-corrected chi connectivity index (χ0v) is 16.6. The van der Waals surface area contributed by atoms with E-state index in [0.29, 0.717) is 11.6 Å². The summed E-state index contributed by atoms with van der Waals surface area (Å²) in [6.45, 7) is 0.303. The molecule has 0 aliphatic heterocycles. The molecule has 7 nitrogen and oxygen atoms in total. The summed E-state index contributed by atoms with van der Waals surface area (Å²) in [5.74, 6) is 1.14. The van der Waals surface area contributed by atoms with Crippen LogP contribution >= 0.6 is 11.6 Å². The molecular formula is C20H22ClFN4O3. The Balaban J connectivity index is 1.11. The Morgan fingerprint density at radius 3 is 2.83 bits per heavy atom. The van der Waals surface area contributed by atoms with E-state index in [1.165, 1.54) is 18.6 Å². The van der Waals surface area contributed by atoms with E-state index in [1.807, 2.05) is 0 Å². The number of hydrogen-bond donors (Lipinski definition) is 2. The van der Waals surface area contributed by atoms with Crippen molar-refractivity contribution in [2.24, 2.45) is 0 Å². The minimum Gasteiger partial charge on any atom is -0.486 e. The van der Waals surface area contributed by atoms with Gasteiger partial charge in [-0.05, 0) is 50.7 Å². The van der Waals surface area contributed by atoms with Crippen LogP contribution in [0.2, 0.25) is 5.02 Å². The number of nitrogens with zero attached hydrogens (tertiary/aromatic N) is 2. The van der Waals surface area contributed by atoms with Crippen molar-refractivity contribution >= 4 is 17.5 Å². The molecule has 4 aliphatic rings. The summed E-state index contributed by atoms with van der Waals surface area (Å²) in [5, 5.41) is 10.4. The van der Waals surface area contributed by atoms with Crippen molar-refractivity contribution in [2.75, 3.05) is 6.61 Å². The second kappa shape index (κ2) is 6.95. The highest BCUT2D eigenvalue weighted by atomic mass is 35.5. The van der Waals surface area contributed by atoms with Crippen molar-refractivity contribution < 1.29 is 18.7 Å². The summed E-state index contributed by atoms with van der Waals surface area (Å²) in [5.41, 5.74) is -0.193. The average molecular weight is 421 g/mol. The van der Waals surface area contributed by atoms with Crippen molar-refractivity contribution in [3.8, 4) is 5.75 Å². The first-order valence-electron chi connectivity index (χ1n) is 9.88. The van der Waals surface area contributed by atoms with Crippen LogP contribution in [0.15, 0.2) is 18.2 Å². The van der Waals surface area contributed by atoms with Gasteiger partial charge in [0.15, 0.2) is 11.6 Å². The Morgan fingerprint density at radius 2 is 2.14 bits per heavy atom. The summed E-state index contributed by atoms with van der Waals surface area (Å²) in [4.78, 5) is 16.6. The van der Waals surface area contributed by atoms with E-state index in [2.05, 4.69) is 20.5 Å². The van der Waals surface area contributed by atoms with E-state index < -0.39 is 5.82 Å².